The second-order valence-corrected chi connectivity index (χ2v) is 4.17. The Morgan fingerprint density at radius 2 is 2.18 bits per heavy atom. The highest BCUT2D eigenvalue weighted by Gasteiger charge is 2.23. The first kappa shape index (κ1) is 14.0. The lowest BCUT2D eigenvalue weighted by molar-refractivity contribution is -0.145. The van der Waals surface area contributed by atoms with Gasteiger partial charge in [-0.3, -0.25) is 4.79 Å². The molecule has 0 radical (unpaired) electrons. The van der Waals surface area contributed by atoms with E-state index in [1.54, 1.807) is 6.92 Å². The highest BCUT2D eigenvalue weighted by Crippen LogP contribution is 2.30. The van der Waals surface area contributed by atoms with Crippen molar-refractivity contribution in [2.75, 3.05) is 6.61 Å². The zero-order valence-electron chi connectivity index (χ0n) is 10.0. The van der Waals surface area contributed by atoms with Crippen molar-refractivity contribution < 1.29 is 13.9 Å². The molecule has 0 bridgehead atoms. The highest BCUT2D eigenvalue weighted by molar-refractivity contribution is 6.31. The molecule has 0 amide bonds. The summed E-state index contributed by atoms with van der Waals surface area (Å²) in [5.74, 6) is -1.22. The van der Waals surface area contributed by atoms with Crippen molar-refractivity contribution in [1.82, 2.24) is 0 Å². The fourth-order valence-corrected chi connectivity index (χ4v) is 1.96. The van der Waals surface area contributed by atoms with E-state index < -0.39 is 11.7 Å². The lowest BCUT2D eigenvalue weighted by Gasteiger charge is -2.16. The maximum absolute atomic E-state index is 13.2. The molecule has 0 aliphatic carbocycles. The van der Waals surface area contributed by atoms with Crippen molar-refractivity contribution in [3.63, 3.8) is 0 Å². The van der Waals surface area contributed by atoms with Crippen molar-refractivity contribution in [1.29, 1.82) is 0 Å². The molecule has 1 atom stereocenters. The molecule has 17 heavy (non-hydrogen) atoms. The lowest BCUT2D eigenvalue weighted by Crippen LogP contribution is -2.16. The van der Waals surface area contributed by atoms with Crippen LogP contribution in [0.5, 0.6) is 0 Å². The van der Waals surface area contributed by atoms with Gasteiger partial charge in [0.1, 0.15) is 5.82 Å². The SMILES string of the molecule is CCCC(C(=O)OCC)c1cc(F)ccc1Cl. The highest BCUT2D eigenvalue weighted by atomic mass is 35.5. The smallest absolute Gasteiger partial charge is 0.313 e. The Balaban J connectivity index is 3.04. The van der Waals surface area contributed by atoms with Crippen LogP contribution in [0.2, 0.25) is 5.02 Å². The summed E-state index contributed by atoms with van der Waals surface area (Å²) in [6, 6.07) is 4.05. The van der Waals surface area contributed by atoms with E-state index in [1.165, 1.54) is 18.2 Å². The van der Waals surface area contributed by atoms with E-state index in [0.29, 0.717) is 23.6 Å². The first-order chi connectivity index (χ1) is 8.10. The number of hydrogen-bond donors (Lipinski definition) is 0. The van der Waals surface area contributed by atoms with Gasteiger partial charge in [0, 0.05) is 5.02 Å². The molecule has 1 aromatic rings. The van der Waals surface area contributed by atoms with Gasteiger partial charge in [-0.25, -0.2) is 4.39 Å². The molecule has 0 N–H and O–H groups in total. The molecule has 0 heterocycles. The van der Waals surface area contributed by atoms with Crippen molar-refractivity contribution in [3.8, 4) is 0 Å². The van der Waals surface area contributed by atoms with Crippen LogP contribution in [-0.2, 0) is 9.53 Å². The summed E-state index contributed by atoms with van der Waals surface area (Å²) in [4.78, 5) is 11.8. The maximum atomic E-state index is 13.2. The summed E-state index contributed by atoms with van der Waals surface area (Å²) in [7, 11) is 0. The minimum Gasteiger partial charge on any atom is -0.466 e. The van der Waals surface area contributed by atoms with E-state index in [4.69, 9.17) is 16.3 Å². The summed E-state index contributed by atoms with van der Waals surface area (Å²) in [6.45, 7) is 4.01. The molecule has 0 aliphatic rings. The molecule has 1 rings (SSSR count). The summed E-state index contributed by atoms with van der Waals surface area (Å²) in [5, 5.41) is 0.401. The van der Waals surface area contributed by atoms with Crippen LogP contribution in [0.15, 0.2) is 18.2 Å². The molecular formula is C13H16ClFO2. The zero-order valence-corrected chi connectivity index (χ0v) is 10.8. The molecule has 0 aliphatic heterocycles. The Kier molecular flexibility index (Phi) is 5.42. The number of benzene rings is 1. The molecule has 0 fully saturated rings. The number of carbonyl (C=O) groups excluding carboxylic acids is 1. The Hall–Kier alpha value is -1.09. The summed E-state index contributed by atoms with van der Waals surface area (Å²) < 4.78 is 18.2. The van der Waals surface area contributed by atoms with Gasteiger partial charge in [-0.05, 0) is 37.1 Å². The average Bonchev–Trinajstić information content (AvgIpc) is 2.30. The topological polar surface area (TPSA) is 26.3 Å². The van der Waals surface area contributed by atoms with Crippen LogP contribution in [-0.4, -0.2) is 12.6 Å². The third-order valence-corrected chi connectivity index (χ3v) is 2.83. The van der Waals surface area contributed by atoms with Gasteiger partial charge in [0.2, 0.25) is 0 Å². The van der Waals surface area contributed by atoms with E-state index in [9.17, 15) is 9.18 Å². The van der Waals surface area contributed by atoms with Crippen molar-refractivity contribution in [2.45, 2.75) is 32.6 Å². The van der Waals surface area contributed by atoms with Gasteiger partial charge >= 0.3 is 5.97 Å². The first-order valence-electron chi connectivity index (χ1n) is 5.71. The molecule has 0 saturated heterocycles. The molecule has 4 heteroatoms. The Morgan fingerprint density at radius 1 is 1.47 bits per heavy atom. The predicted molar refractivity (Wildman–Crippen MR) is 65.7 cm³/mol. The van der Waals surface area contributed by atoms with Crippen LogP contribution in [0.25, 0.3) is 0 Å². The molecule has 94 valence electrons. The monoisotopic (exact) mass is 258 g/mol. The lowest BCUT2D eigenvalue weighted by atomic mass is 9.94. The summed E-state index contributed by atoms with van der Waals surface area (Å²) in [6.07, 6.45) is 1.40. The number of carbonyl (C=O) groups is 1. The van der Waals surface area contributed by atoms with Crippen LogP contribution in [0.3, 0.4) is 0 Å². The second kappa shape index (κ2) is 6.60. The predicted octanol–water partition coefficient (Wildman–Crippen LogP) is 3.93. The maximum Gasteiger partial charge on any atom is 0.313 e. The minimum absolute atomic E-state index is 0.311. The normalized spacial score (nSPS) is 12.2. The van der Waals surface area contributed by atoms with Crippen LogP contribution in [0, 0.1) is 5.82 Å². The standard InChI is InChI=1S/C13H16ClFO2/c1-3-5-10(13(16)17-4-2)11-8-9(15)6-7-12(11)14/h6-8,10H,3-5H2,1-2H3. The van der Waals surface area contributed by atoms with Crippen molar-refractivity contribution in [2.24, 2.45) is 0 Å². The third-order valence-electron chi connectivity index (χ3n) is 2.48. The number of rotatable bonds is 5. The van der Waals surface area contributed by atoms with Crippen molar-refractivity contribution >= 4 is 17.6 Å². The van der Waals surface area contributed by atoms with E-state index >= 15 is 0 Å². The summed E-state index contributed by atoms with van der Waals surface area (Å²) >= 11 is 6.00. The first-order valence-corrected chi connectivity index (χ1v) is 6.09. The van der Waals surface area contributed by atoms with E-state index in [1.807, 2.05) is 6.92 Å². The molecule has 0 spiro atoms. The fraction of sp³-hybridized carbons (Fsp3) is 0.462. The minimum atomic E-state index is -0.483. The molecule has 1 unspecified atom stereocenters. The molecular weight excluding hydrogens is 243 g/mol. The average molecular weight is 259 g/mol. The number of hydrogen-bond acceptors (Lipinski definition) is 2. The molecule has 2 nitrogen and oxygen atoms in total. The van der Waals surface area contributed by atoms with Gasteiger partial charge in [-0.2, -0.15) is 0 Å². The van der Waals surface area contributed by atoms with E-state index in [-0.39, 0.29) is 5.97 Å². The largest absolute Gasteiger partial charge is 0.466 e. The number of ether oxygens (including phenoxy) is 1. The molecule has 1 aromatic carbocycles. The Morgan fingerprint density at radius 3 is 2.76 bits per heavy atom. The molecule has 0 aromatic heterocycles. The van der Waals surface area contributed by atoms with Crippen molar-refractivity contribution in [3.05, 3.63) is 34.6 Å². The quantitative estimate of drug-likeness (QED) is 0.748. The fourth-order valence-electron chi connectivity index (χ4n) is 1.71. The molecule has 0 saturated carbocycles. The summed E-state index contributed by atoms with van der Waals surface area (Å²) in [5.41, 5.74) is 0.506. The van der Waals surface area contributed by atoms with Crippen LogP contribution >= 0.6 is 11.6 Å². The number of halogens is 2. The Labute approximate surface area is 106 Å². The number of esters is 1. The third kappa shape index (κ3) is 3.70. The van der Waals surface area contributed by atoms with E-state index in [0.717, 1.165) is 6.42 Å². The second-order valence-electron chi connectivity index (χ2n) is 3.76. The zero-order chi connectivity index (χ0) is 12.8. The van der Waals surface area contributed by atoms with Gasteiger partial charge < -0.3 is 4.74 Å². The Bertz CT molecular complexity index is 393. The van der Waals surface area contributed by atoms with Gasteiger partial charge in [0.15, 0.2) is 0 Å². The van der Waals surface area contributed by atoms with Crippen LogP contribution < -0.4 is 0 Å². The van der Waals surface area contributed by atoms with Gasteiger partial charge in [-0.15, -0.1) is 0 Å². The van der Waals surface area contributed by atoms with E-state index in [2.05, 4.69) is 0 Å². The van der Waals surface area contributed by atoms with Crippen LogP contribution in [0.4, 0.5) is 4.39 Å². The van der Waals surface area contributed by atoms with Gasteiger partial charge in [0.25, 0.3) is 0 Å². The van der Waals surface area contributed by atoms with Crippen LogP contribution in [0.1, 0.15) is 38.2 Å². The van der Waals surface area contributed by atoms with Gasteiger partial charge in [0.05, 0.1) is 12.5 Å². The van der Waals surface area contributed by atoms with Gasteiger partial charge in [-0.1, -0.05) is 24.9 Å².